The molecule has 20 heavy (non-hydrogen) atoms. The van der Waals surface area contributed by atoms with Gasteiger partial charge in [0.05, 0.1) is 10.6 Å². The Morgan fingerprint density at radius 3 is 2.85 bits per heavy atom. The van der Waals surface area contributed by atoms with Gasteiger partial charge < -0.3 is 10.2 Å². The molecule has 0 aliphatic carbocycles. The van der Waals surface area contributed by atoms with Gasteiger partial charge in [0.15, 0.2) is 0 Å². The molecule has 3 nitrogen and oxygen atoms in total. The lowest BCUT2D eigenvalue weighted by Gasteiger charge is -2.29. The zero-order valence-corrected chi connectivity index (χ0v) is 11.9. The molecule has 0 bridgehead atoms. The summed E-state index contributed by atoms with van der Waals surface area (Å²) >= 11 is 5.85. The van der Waals surface area contributed by atoms with Gasteiger partial charge in [-0.1, -0.05) is 11.6 Å². The highest BCUT2D eigenvalue weighted by atomic mass is 35.5. The molecule has 1 fully saturated rings. The van der Waals surface area contributed by atoms with Crippen molar-refractivity contribution in [3.8, 4) is 0 Å². The van der Waals surface area contributed by atoms with Crippen molar-refractivity contribution in [3.63, 3.8) is 0 Å². The number of aromatic nitrogens is 1. The minimum absolute atomic E-state index is 0.00369. The maximum Gasteiger partial charge on any atom is 0.417 e. The van der Waals surface area contributed by atoms with E-state index in [1.54, 1.807) is 0 Å². The minimum Gasteiger partial charge on any atom is -0.369 e. The van der Waals surface area contributed by atoms with Gasteiger partial charge in [-0.25, -0.2) is 4.98 Å². The Morgan fingerprint density at radius 1 is 1.50 bits per heavy atom. The fourth-order valence-electron chi connectivity index (χ4n) is 2.40. The third-order valence-electron chi connectivity index (χ3n) is 3.45. The van der Waals surface area contributed by atoms with E-state index < -0.39 is 11.7 Å². The number of piperidine rings is 1. The molecule has 2 rings (SSSR count). The van der Waals surface area contributed by atoms with Crippen molar-refractivity contribution in [2.75, 3.05) is 32.0 Å². The molecule has 2 heterocycles. The monoisotopic (exact) mass is 307 g/mol. The fraction of sp³-hybridized carbons (Fsp3) is 0.615. The summed E-state index contributed by atoms with van der Waals surface area (Å²) in [5.74, 6) is 0.779. The van der Waals surface area contributed by atoms with Crippen LogP contribution >= 0.6 is 11.6 Å². The number of nitrogens with one attached hydrogen (secondary N) is 1. The molecule has 0 amide bonds. The van der Waals surface area contributed by atoms with E-state index in [4.69, 9.17) is 11.6 Å². The highest BCUT2D eigenvalue weighted by Gasteiger charge is 2.31. The second-order valence-electron chi connectivity index (χ2n) is 5.20. The molecule has 1 unspecified atom stereocenters. The second kappa shape index (κ2) is 6.18. The molecular weight excluding hydrogens is 291 g/mol. The first kappa shape index (κ1) is 15.4. The normalized spacial score (nSPS) is 20.9. The lowest BCUT2D eigenvalue weighted by molar-refractivity contribution is -0.137. The topological polar surface area (TPSA) is 28.2 Å². The van der Waals surface area contributed by atoms with E-state index in [1.165, 1.54) is 0 Å². The fourth-order valence-corrected chi connectivity index (χ4v) is 2.64. The molecular formula is C13H17ClF3N3. The van der Waals surface area contributed by atoms with Crippen LogP contribution < -0.4 is 5.32 Å². The standard InChI is InChI=1S/C13H17ClF3N3/c1-20-4-2-3-9(8-20)6-18-12-11(14)5-10(7-19-12)13(15,16)17/h5,7,9H,2-4,6,8H2,1H3,(H,18,19). The van der Waals surface area contributed by atoms with Crippen molar-refractivity contribution in [2.24, 2.45) is 5.92 Å². The molecule has 7 heteroatoms. The summed E-state index contributed by atoms with van der Waals surface area (Å²) in [6, 6.07) is 0.907. The van der Waals surface area contributed by atoms with Crippen LogP contribution in [0.1, 0.15) is 18.4 Å². The van der Waals surface area contributed by atoms with Crippen LogP contribution in [0.4, 0.5) is 19.0 Å². The predicted molar refractivity (Wildman–Crippen MR) is 73.0 cm³/mol. The largest absolute Gasteiger partial charge is 0.417 e. The molecule has 1 atom stereocenters. The van der Waals surface area contributed by atoms with E-state index in [-0.39, 0.29) is 5.02 Å². The lowest BCUT2D eigenvalue weighted by Crippen LogP contribution is -2.35. The summed E-state index contributed by atoms with van der Waals surface area (Å²) in [6.45, 7) is 2.74. The quantitative estimate of drug-likeness (QED) is 0.926. The summed E-state index contributed by atoms with van der Waals surface area (Å²) < 4.78 is 37.5. The average molecular weight is 308 g/mol. The Labute approximate surface area is 121 Å². The summed E-state index contributed by atoms with van der Waals surface area (Å²) in [5, 5.41) is 3.05. The number of pyridine rings is 1. The first-order chi connectivity index (χ1) is 9.36. The van der Waals surface area contributed by atoms with Gasteiger partial charge in [0.25, 0.3) is 0 Å². The summed E-state index contributed by atoms with van der Waals surface area (Å²) in [4.78, 5) is 6.02. The highest BCUT2D eigenvalue weighted by molar-refractivity contribution is 6.32. The molecule has 1 aromatic rings. The first-order valence-electron chi connectivity index (χ1n) is 6.51. The Balaban J connectivity index is 1.96. The number of rotatable bonds is 3. The maximum atomic E-state index is 12.5. The molecule has 112 valence electrons. The van der Waals surface area contributed by atoms with Crippen LogP contribution in [0, 0.1) is 5.92 Å². The minimum atomic E-state index is -4.42. The van der Waals surface area contributed by atoms with Crippen LogP contribution in [0.3, 0.4) is 0 Å². The highest BCUT2D eigenvalue weighted by Crippen LogP contribution is 2.32. The van der Waals surface area contributed by atoms with Gasteiger partial charge >= 0.3 is 6.18 Å². The molecule has 1 aromatic heterocycles. The van der Waals surface area contributed by atoms with Gasteiger partial charge in [0, 0.05) is 19.3 Å². The maximum absolute atomic E-state index is 12.5. The van der Waals surface area contributed by atoms with E-state index in [0.29, 0.717) is 18.3 Å². The Morgan fingerprint density at radius 2 is 2.25 bits per heavy atom. The molecule has 1 N–H and O–H groups in total. The van der Waals surface area contributed by atoms with Crippen molar-refractivity contribution in [1.29, 1.82) is 0 Å². The van der Waals surface area contributed by atoms with Crippen molar-refractivity contribution in [1.82, 2.24) is 9.88 Å². The third kappa shape index (κ3) is 3.99. The number of hydrogen-bond donors (Lipinski definition) is 1. The molecule has 1 aliphatic heterocycles. The van der Waals surface area contributed by atoms with Gasteiger partial charge in [-0.2, -0.15) is 13.2 Å². The number of halogens is 4. The predicted octanol–water partition coefficient (Wildman–Crippen LogP) is 3.51. The van der Waals surface area contributed by atoms with Crippen LogP contribution in [0.2, 0.25) is 5.02 Å². The summed E-state index contributed by atoms with van der Waals surface area (Å²) in [5.41, 5.74) is -0.828. The van der Waals surface area contributed by atoms with E-state index in [1.807, 2.05) is 0 Å². The Kier molecular flexibility index (Phi) is 4.75. The van der Waals surface area contributed by atoms with Gasteiger partial charge in [-0.15, -0.1) is 0 Å². The number of alkyl halides is 3. The number of hydrogen-bond acceptors (Lipinski definition) is 3. The van der Waals surface area contributed by atoms with Crippen LogP contribution in [-0.2, 0) is 6.18 Å². The zero-order valence-electron chi connectivity index (χ0n) is 11.2. The molecule has 1 saturated heterocycles. The van der Waals surface area contributed by atoms with Gasteiger partial charge in [0.2, 0.25) is 0 Å². The number of likely N-dealkylation sites (tertiary alicyclic amines) is 1. The molecule has 0 saturated carbocycles. The lowest BCUT2D eigenvalue weighted by atomic mass is 9.98. The van der Waals surface area contributed by atoms with E-state index >= 15 is 0 Å². The van der Waals surface area contributed by atoms with E-state index in [9.17, 15) is 13.2 Å². The van der Waals surface area contributed by atoms with Crippen molar-refractivity contribution >= 4 is 17.4 Å². The number of anilines is 1. The van der Waals surface area contributed by atoms with Gasteiger partial charge in [-0.3, -0.25) is 0 Å². The van der Waals surface area contributed by atoms with Gasteiger partial charge in [0.1, 0.15) is 5.82 Å². The van der Waals surface area contributed by atoms with Crippen LogP contribution in [0.15, 0.2) is 12.3 Å². The number of nitrogens with zero attached hydrogens (tertiary/aromatic N) is 2. The Bertz CT molecular complexity index is 465. The van der Waals surface area contributed by atoms with Crippen LogP contribution in [0.5, 0.6) is 0 Å². The van der Waals surface area contributed by atoms with Crippen molar-refractivity contribution < 1.29 is 13.2 Å². The molecule has 0 radical (unpaired) electrons. The average Bonchev–Trinajstić information content (AvgIpc) is 2.36. The van der Waals surface area contributed by atoms with Crippen LogP contribution in [0.25, 0.3) is 0 Å². The van der Waals surface area contributed by atoms with E-state index in [0.717, 1.165) is 38.2 Å². The Hall–Kier alpha value is -1.01. The van der Waals surface area contributed by atoms with Gasteiger partial charge in [-0.05, 0) is 38.4 Å². The molecule has 1 aliphatic rings. The summed E-state index contributed by atoms with van der Waals surface area (Å²) in [6.07, 6.45) is -1.37. The first-order valence-corrected chi connectivity index (χ1v) is 6.89. The second-order valence-corrected chi connectivity index (χ2v) is 5.61. The molecule has 0 aromatic carbocycles. The summed E-state index contributed by atoms with van der Waals surface area (Å²) in [7, 11) is 2.06. The van der Waals surface area contributed by atoms with E-state index in [2.05, 4.69) is 22.2 Å². The van der Waals surface area contributed by atoms with Crippen molar-refractivity contribution in [2.45, 2.75) is 19.0 Å². The van der Waals surface area contributed by atoms with Crippen molar-refractivity contribution in [3.05, 3.63) is 22.8 Å². The SMILES string of the molecule is CN1CCCC(CNc2ncc(C(F)(F)F)cc2Cl)C1. The van der Waals surface area contributed by atoms with Crippen LogP contribution in [-0.4, -0.2) is 36.6 Å². The third-order valence-corrected chi connectivity index (χ3v) is 3.74. The molecule has 0 spiro atoms. The zero-order chi connectivity index (χ0) is 14.8. The smallest absolute Gasteiger partial charge is 0.369 e.